The van der Waals surface area contributed by atoms with Crippen molar-refractivity contribution in [1.29, 1.82) is 0 Å². The summed E-state index contributed by atoms with van der Waals surface area (Å²) in [4.78, 5) is 4.74. The Morgan fingerprint density at radius 2 is 1.63 bits per heavy atom. The van der Waals surface area contributed by atoms with E-state index in [9.17, 15) is 4.39 Å². The third-order valence-electron chi connectivity index (χ3n) is 5.84. The van der Waals surface area contributed by atoms with Crippen LogP contribution in [0.5, 0.6) is 5.75 Å². The fourth-order valence-electron chi connectivity index (χ4n) is 4.15. The molecule has 0 aromatic heterocycles. The highest BCUT2D eigenvalue weighted by Crippen LogP contribution is 2.35. The molecule has 1 fully saturated rings. The fourth-order valence-corrected chi connectivity index (χ4v) is 4.38. The van der Waals surface area contributed by atoms with E-state index in [1.165, 1.54) is 17.2 Å². The Morgan fingerprint density at radius 1 is 0.933 bits per heavy atom. The molecule has 0 spiro atoms. The number of ether oxygens (including phenoxy) is 1. The zero-order valence-corrected chi connectivity index (χ0v) is 18.1. The fraction of sp³-hybridized carbons (Fsp3) is 0.280. The minimum absolute atomic E-state index is 0.0335. The van der Waals surface area contributed by atoms with Gasteiger partial charge < -0.3 is 4.74 Å². The lowest BCUT2D eigenvalue weighted by Gasteiger charge is -2.31. The van der Waals surface area contributed by atoms with Crippen LogP contribution in [0.1, 0.15) is 28.4 Å². The molecule has 3 nitrogen and oxygen atoms in total. The summed E-state index contributed by atoms with van der Waals surface area (Å²) in [5.74, 6) is 0.569. The first-order chi connectivity index (χ1) is 14.6. The number of halogens is 2. The van der Waals surface area contributed by atoms with Crippen molar-refractivity contribution >= 4 is 11.6 Å². The van der Waals surface area contributed by atoms with Crippen molar-refractivity contribution in [1.82, 2.24) is 9.80 Å². The number of hydrogen-bond donors (Lipinski definition) is 0. The summed E-state index contributed by atoms with van der Waals surface area (Å²) in [6.45, 7) is 5.19. The van der Waals surface area contributed by atoms with E-state index in [0.29, 0.717) is 17.1 Å². The molecule has 0 radical (unpaired) electrons. The van der Waals surface area contributed by atoms with Gasteiger partial charge in [-0.05, 0) is 47.9 Å². The van der Waals surface area contributed by atoms with Crippen LogP contribution in [0.3, 0.4) is 0 Å². The number of nitrogens with zero attached hydrogens (tertiary/aromatic N) is 2. The lowest BCUT2D eigenvalue weighted by atomic mass is 10.1. The Balaban J connectivity index is 1.66. The van der Waals surface area contributed by atoms with Gasteiger partial charge in [-0.2, -0.15) is 0 Å². The van der Waals surface area contributed by atoms with Crippen LogP contribution in [-0.2, 0) is 13.1 Å². The maximum atomic E-state index is 14.5. The number of hydrogen-bond acceptors (Lipinski definition) is 3. The number of methoxy groups -OCH3 is 1. The topological polar surface area (TPSA) is 15.7 Å². The molecular weight excluding hydrogens is 399 g/mol. The average molecular weight is 425 g/mol. The SMILES string of the molecule is COc1ccc([C@@H]2N(Cc3ccccc3C)CCN2Cc2c(F)cccc2Cl)cc1. The van der Waals surface area contributed by atoms with Gasteiger partial charge in [-0.25, -0.2) is 4.39 Å². The first-order valence-corrected chi connectivity index (χ1v) is 10.5. The molecule has 156 valence electrons. The summed E-state index contributed by atoms with van der Waals surface area (Å²) < 4.78 is 19.8. The number of benzene rings is 3. The Hall–Kier alpha value is -2.40. The van der Waals surface area contributed by atoms with E-state index in [1.807, 2.05) is 12.1 Å². The van der Waals surface area contributed by atoms with Crippen molar-refractivity contribution in [3.8, 4) is 5.75 Å². The van der Waals surface area contributed by atoms with Crippen LogP contribution in [0.2, 0.25) is 5.02 Å². The molecule has 1 saturated heterocycles. The Kier molecular flexibility index (Phi) is 6.38. The van der Waals surface area contributed by atoms with Gasteiger partial charge in [-0.15, -0.1) is 0 Å². The van der Waals surface area contributed by atoms with E-state index in [4.69, 9.17) is 16.3 Å². The molecule has 0 bridgehead atoms. The average Bonchev–Trinajstić information content (AvgIpc) is 3.14. The highest BCUT2D eigenvalue weighted by Gasteiger charge is 2.34. The second-order valence-electron chi connectivity index (χ2n) is 7.71. The van der Waals surface area contributed by atoms with Crippen LogP contribution in [0.15, 0.2) is 66.7 Å². The molecule has 1 aliphatic rings. The number of aryl methyl sites for hydroxylation is 1. The molecule has 1 heterocycles. The van der Waals surface area contributed by atoms with Gasteiger partial charge in [0.05, 0.1) is 13.3 Å². The van der Waals surface area contributed by atoms with Crippen molar-refractivity contribution in [3.63, 3.8) is 0 Å². The van der Waals surface area contributed by atoms with E-state index >= 15 is 0 Å². The predicted molar refractivity (Wildman–Crippen MR) is 119 cm³/mol. The van der Waals surface area contributed by atoms with Crippen molar-refractivity contribution < 1.29 is 9.13 Å². The molecule has 3 aromatic carbocycles. The molecule has 1 atom stereocenters. The van der Waals surface area contributed by atoms with Gasteiger partial charge in [-0.1, -0.05) is 54.1 Å². The van der Waals surface area contributed by atoms with Crippen LogP contribution < -0.4 is 4.74 Å². The van der Waals surface area contributed by atoms with E-state index in [0.717, 1.165) is 30.9 Å². The molecule has 4 rings (SSSR count). The van der Waals surface area contributed by atoms with E-state index in [1.54, 1.807) is 19.2 Å². The normalized spacial score (nSPS) is 17.4. The molecule has 0 saturated carbocycles. The molecule has 1 aliphatic heterocycles. The van der Waals surface area contributed by atoms with Gasteiger partial charge in [0, 0.05) is 36.8 Å². The summed E-state index contributed by atoms with van der Waals surface area (Å²) >= 11 is 6.33. The molecule has 0 unspecified atom stereocenters. The quantitative estimate of drug-likeness (QED) is 0.496. The van der Waals surface area contributed by atoms with Crippen molar-refractivity contribution in [2.75, 3.05) is 20.2 Å². The van der Waals surface area contributed by atoms with Crippen LogP contribution in [0, 0.1) is 12.7 Å². The van der Waals surface area contributed by atoms with Crippen molar-refractivity contribution in [2.45, 2.75) is 26.2 Å². The second-order valence-corrected chi connectivity index (χ2v) is 8.12. The summed E-state index contributed by atoms with van der Waals surface area (Å²) in [7, 11) is 1.67. The number of rotatable bonds is 6. The standard InChI is InChI=1S/C25H26ClFN2O/c1-18-6-3-4-7-20(18)16-28-14-15-29(17-22-23(26)8-5-9-24(22)27)25(28)19-10-12-21(30-2)13-11-19/h3-13,25H,14-17H2,1-2H3/t25-/m1/s1. The summed E-state index contributed by atoms with van der Waals surface area (Å²) in [6.07, 6.45) is 0.0335. The molecule has 3 aromatic rings. The molecule has 0 aliphatic carbocycles. The lowest BCUT2D eigenvalue weighted by Crippen LogP contribution is -2.31. The highest BCUT2D eigenvalue weighted by molar-refractivity contribution is 6.31. The Bertz CT molecular complexity index is 988. The summed E-state index contributed by atoms with van der Waals surface area (Å²) in [5, 5.41) is 0.473. The zero-order valence-electron chi connectivity index (χ0n) is 17.3. The summed E-state index contributed by atoms with van der Waals surface area (Å²) in [6, 6.07) is 21.5. The molecule has 0 amide bonds. The third kappa shape index (κ3) is 4.36. The van der Waals surface area contributed by atoms with Crippen LogP contribution in [0.4, 0.5) is 4.39 Å². The van der Waals surface area contributed by atoms with E-state index in [2.05, 4.69) is 53.1 Å². The Labute approximate surface area is 182 Å². The van der Waals surface area contributed by atoms with Crippen LogP contribution in [-0.4, -0.2) is 30.0 Å². The second kappa shape index (κ2) is 9.17. The third-order valence-corrected chi connectivity index (χ3v) is 6.19. The van der Waals surface area contributed by atoms with Gasteiger partial charge >= 0.3 is 0 Å². The minimum atomic E-state index is -0.256. The van der Waals surface area contributed by atoms with Gasteiger partial charge in [-0.3, -0.25) is 9.80 Å². The molecule has 5 heteroatoms. The van der Waals surface area contributed by atoms with Crippen LogP contribution in [0.25, 0.3) is 0 Å². The maximum Gasteiger partial charge on any atom is 0.129 e. The molecule has 30 heavy (non-hydrogen) atoms. The monoisotopic (exact) mass is 424 g/mol. The molecular formula is C25H26ClFN2O. The lowest BCUT2D eigenvalue weighted by molar-refractivity contribution is 0.124. The van der Waals surface area contributed by atoms with Gasteiger partial charge in [0.2, 0.25) is 0 Å². The smallest absolute Gasteiger partial charge is 0.129 e. The molecule has 0 N–H and O–H groups in total. The largest absolute Gasteiger partial charge is 0.497 e. The maximum absolute atomic E-state index is 14.5. The van der Waals surface area contributed by atoms with Gasteiger partial charge in [0.1, 0.15) is 11.6 Å². The first-order valence-electron chi connectivity index (χ1n) is 10.2. The summed E-state index contributed by atoms with van der Waals surface area (Å²) in [5.41, 5.74) is 4.30. The highest BCUT2D eigenvalue weighted by atomic mass is 35.5. The zero-order chi connectivity index (χ0) is 21.1. The van der Waals surface area contributed by atoms with E-state index < -0.39 is 0 Å². The predicted octanol–water partition coefficient (Wildman–Crippen LogP) is 5.81. The Morgan fingerprint density at radius 3 is 2.30 bits per heavy atom. The first kappa shape index (κ1) is 20.9. The van der Waals surface area contributed by atoms with Gasteiger partial charge in [0.25, 0.3) is 0 Å². The minimum Gasteiger partial charge on any atom is -0.497 e. The van der Waals surface area contributed by atoms with Crippen LogP contribution >= 0.6 is 11.6 Å². The van der Waals surface area contributed by atoms with E-state index in [-0.39, 0.29) is 12.0 Å². The van der Waals surface area contributed by atoms with Crippen molar-refractivity contribution in [3.05, 3.63) is 99.8 Å². The van der Waals surface area contributed by atoms with Gasteiger partial charge in [0.15, 0.2) is 0 Å². The van der Waals surface area contributed by atoms with Crippen molar-refractivity contribution in [2.24, 2.45) is 0 Å².